The van der Waals surface area contributed by atoms with E-state index in [1.165, 1.54) is 5.56 Å². The van der Waals surface area contributed by atoms with Crippen LogP contribution in [0.2, 0.25) is 0 Å². The standard InChI is InChI=1S/C17H27N3O/c1-2-6-16(18)17(21)20-13-11-19(12-14-20)10-9-15-7-4-3-5-8-15/h3-5,7-8,16H,2,6,9-14,18H2,1H3. The number of amides is 1. The normalized spacial score (nSPS) is 17.7. The summed E-state index contributed by atoms with van der Waals surface area (Å²) >= 11 is 0. The number of nitrogens with two attached hydrogens (primary N) is 1. The molecule has 4 nitrogen and oxygen atoms in total. The van der Waals surface area contributed by atoms with Crippen molar-refractivity contribution in [2.24, 2.45) is 5.73 Å². The maximum absolute atomic E-state index is 12.2. The van der Waals surface area contributed by atoms with Crippen molar-refractivity contribution in [3.05, 3.63) is 35.9 Å². The topological polar surface area (TPSA) is 49.6 Å². The lowest BCUT2D eigenvalue weighted by atomic mass is 10.1. The van der Waals surface area contributed by atoms with Crippen molar-refractivity contribution < 1.29 is 4.79 Å². The quantitative estimate of drug-likeness (QED) is 0.863. The Hall–Kier alpha value is -1.39. The SMILES string of the molecule is CCCC(N)C(=O)N1CCN(CCc2ccccc2)CC1. The summed E-state index contributed by atoms with van der Waals surface area (Å²) < 4.78 is 0. The van der Waals surface area contributed by atoms with E-state index in [0.29, 0.717) is 0 Å². The summed E-state index contributed by atoms with van der Waals surface area (Å²) in [5.74, 6) is 0.125. The fourth-order valence-electron chi connectivity index (χ4n) is 2.79. The first-order valence-electron chi connectivity index (χ1n) is 8.01. The highest BCUT2D eigenvalue weighted by molar-refractivity contribution is 5.81. The van der Waals surface area contributed by atoms with Crippen LogP contribution in [0.15, 0.2) is 30.3 Å². The van der Waals surface area contributed by atoms with Gasteiger partial charge in [-0.3, -0.25) is 9.69 Å². The molecule has 0 bridgehead atoms. The molecule has 1 aromatic rings. The van der Waals surface area contributed by atoms with Gasteiger partial charge < -0.3 is 10.6 Å². The number of carbonyl (C=O) groups is 1. The van der Waals surface area contributed by atoms with E-state index in [9.17, 15) is 4.79 Å². The smallest absolute Gasteiger partial charge is 0.239 e. The number of hydrogen-bond acceptors (Lipinski definition) is 3. The van der Waals surface area contributed by atoms with Gasteiger partial charge in [0.05, 0.1) is 6.04 Å². The molecule has 116 valence electrons. The molecule has 0 aromatic heterocycles. The maximum atomic E-state index is 12.2. The van der Waals surface area contributed by atoms with Crippen LogP contribution in [0.1, 0.15) is 25.3 Å². The summed E-state index contributed by atoms with van der Waals surface area (Å²) in [5, 5.41) is 0. The Labute approximate surface area is 127 Å². The summed E-state index contributed by atoms with van der Waals surface area (Å²) in [5.41, 5.74) is 7.30. The van der Waals surface area contributed by atoms with E-state index in [-0.39, 0.29) is 11.9 Å². The van der Waals surface area contributed by atoms with Crippen molar-refractivity contribution in [3.63, 3.8) is 0 Å². The van der Waals surface area contributed by atoms with Gasteiger partial charge in [0.15, 0.2) is 0 Å². The van der Waals surface area contributed by atoms with Gasteiger partial charge in [-0.15, -0.1) is 0 Å². The third-order valence-corrected chi connectivity index (χ3v) is 4.16. The predicted molar refractivity (Wildman–Crippen MR) is 86.0 cm³/mol. The van der Waals surface area contributed by atoms with Crippen LogP contribution < -0.4 is 5.73 Å². The number of rotatable bonds is 6. The number of benzene rings is 1. The molecule has 4 heteroatoms. The largest absolute Gasteiger partial charge is 0.339 e. The molecule has 1 aliphatic rings. The first-order valence-corrected chi connectivity index (χ1v) is 8.01. The number of hydrogen-bond donors (Lipinski definition) is 1. The van der Waals surface area contributed by atoms with Crippen LogP contribution >= 0.6 is 0 Å². The minimum absolute atomic E-state index is 0.125. The zero-order valence-corrected chi connectivity index (χ0v) is 13.0. The molecule has 1 aliphatic heterocycles. The average Bonchev–Trinajstić information content (AvgIpc) is 2.54. The second-order valence-corrected chi connectivity index (χ2v) is 5.80. The fourth-order valence-corrected chi connectivity index (χ4v) is 2.79. The Morgan fingerprint density at radius 2 is 1.86 bits per heavy atom. The number of piperazine rings is 1. The first-order chi connectivity index (χ1) is 10.2. The summed E-state index contributed by atoms with van der Waals surface area (Å²) in [7, 11) is 0. The Balaban J connectivity index is 1.72. The van der Waals surface area contributed by atoms with E-state index < -0.39 is 0 Å². The van der Waals surface area contributed by atoms with Crippen molar-refractivity contribution in [2.75, 3.05) is 32.7 Å². The molecule has 0 aliphatic carbocycles. The second kappa shape index (κ2) is 8.15. The van der Waals surface area contributed by atoms with E-state index in [0.717, 1.165) is 52.0 Å². The molecule has 1 atom stereocenters. The lowest BCUT2D eigenvalue weighted by Gasteiger charge is -2.35. The zero-order valence-electron chi connectivity index (χ0n) is 13.0. The van der Waals surface area contributed by atoms with Crippen molar-refractivity contribution in [1.82, 2.24) is 9.80 Å². The molecule has 1 unspecified atom stereocenters. The van der Waals surface area contributed by atoms with Gasteiger partial charge in [-0.2, -0.15) is 0 Å². The highest BCUT2D eigenvalue weighted by Gasteiger charge is 2.24. The number of nitrogens with zero attached hydrogens (tertiary/aromatic N) is 2. The van der Waals surface area contributed by atoms with E-state index in [1.54, 1.807) is 0 Å². The van der Waals surface area contributed by atoms with E-state index in [1.807, 2.05) is 11.0 Å². The van der Waals surface area contributed by atoms with Crippen molar-refractivity contribution >= 4 is 5.91 Å². The average molecular weight is 289 g/mol. The summed E-state index contributed by atoms with van der Waals surface area (Å²) in [6.07, 6.45) is 2.82. The van der Waals surface area contributed by atoms with Crippen molar-refractivity contribution in [1.29, 1.82) is 0 Å². The van der Waals surface area contributed by atoms with Crippen molar-refractivity contribution in [3.8, 4) is 0 Å². The summed E-state index contributed by atoms with van der Waals surface area (Å²) in [4.78, 5) is 16.5. The van der Waals surface area contributed by atoms with Gasteiger partial charge in [0.2, 0.25) is 5.91 Å². The molecule has 21 heavy (non-hydrogen) atoms. The molecule has 1 amide bonds. The van der Waals surface area contributed by atoms with Crippen LogP contribution in [0.25, 0.3) is 0 Å². The minimum atomic E-state index is -0.314. The Bertz CT molecular complexity index is 427. The summed E-state index contributed by atoms with van der Waals surface area (Å²) in [6, 6.07) is 10.2. The van der Waals surface area contributed by atoms with Gasteiger partial charge in [0.1, 0.15) is 0 Å². The lowest BCUT2D eigenvalue weighted by Crippen LogP contribution is -2.53. The first kappa shape index (κ1) is 16.0. The molecule has 2 N–H and O–H groups in total. The molecule has 1 saturated heterocycles. The Morgan fingerprint density at radius 1 is 1.19 bits per heavy atom. The predicted octanol–water partition coefficient (Wildman–Crippen LogP) is 1.50. The van der Waals surface area contributed by atoms with E-state index in [4.69, 9.17) is 5.73 Å². The molecular formula is C17H27N3O. The van der Waals surface area contributed by atoms with Crippen LogP contribution in [0.5, 0.6) is 0 Å². The van der Waals surface area contributed by atoms with E-state index in [2.05, 4.69) is 36.1 Å². The zero-order chi connectivity index (χ0) is 15.1. The summed E-state index contributed by atoms with van der Waals surface area (Å²) in [6.45, 7) is 6.66. The van der Waals surface area contributed by atoms with Crippen LogP contribution in [0, 0.1) is 0 Å². The molecule has 0 spiro atoms. The van der Waals surface area contributed by atoms with Crippen molar-refractivity contribution in [2.45, 2.75) is 32.2 Å². The molecule has 1 fully saturated rings. The van der Waals surface area contributed by atoms with Crippen LogP contribution in [-0.2, 0) is 11.2 Å². The van der Waals surface area contributed by atoms with Gasteiger partial charge in [-0.25, -0.2) is 0 Å². The fraction of sp³-hybridized carbons (Fsp3) is 0.588. The van der Waals surface area contributed by atoms with Gasteiger partial charge in [-0.05, 0) is 18.4 Å². The molecule has 2 rings (SSSR count). The van der Waals surface area contributed by atoms with Crippen LogP contribution in [0.3, 0.4) is 0 Å². The van der Waals surface area contributed by atoms with E-state index >= 15 is 0 Å². The molecular weight excluding hydrogens is 262 g/mol. The van der Waals surface area contributed by atoms with Gasteiger partial charge >= 0.3 is 0 Å². The second-order valence-electron chi connectivity index (χ2n) is 5.80. The minimum Gasteiger partial charge on any atom is -0.339 e. The monoisotopic (exact) mass is 289 g/mol. The highest BCUT2D eigenvalue weighted by atomic mass is 16.2. The van der Waals surface area contributed by atoms with Crippen LogP contribution in [-0.4, -0.2) is 54.5 Å². The van der Waals surface area contributed by atoms with Crippen LogP contribution in [0.4, 0.5) is 0 Å². The molecule has 0 radical (unpaired) electrons. The molecule has 0 saturated carbocycles. The maximum Gasteiger partial charge on any atom is 0.239 e. The lowest BCUT2D eigenvalue weighted by molar-refractivity contribution is -0.134. The molecule has 1 aromatic carbocycles. The Morgan fingerprint density at radius 3 is 2.48 bits per heavy atom. The number of carbonyl (C=O) groups excluding carboxylic acids is 1. The Kier molecular flexibility index (Phi) is 6.21. The van der Waals surface area contributed by atoms with Gasteiger partial charge in [-0.1, -0.05) is 43.7 Å². The third kappa shape index (κ3) is 4.83. The van der Waals surface area contributed by atoms with Gasteiger partial charge in [0.25, 0.3) is 0 Å². The third-order valence-electron chi connectivity index (χ3n) is 4.16. The highest BCUT2D eigenvalue weighted by Crippen LogP contribution is 2.08. The molecule has 1 heterocycles. The van der Waals surface area contributed by atoms with Gasteiger partial charge in [0, 0.05) is 32.7 Å².